The number of hydrogen-bond donors (Lipinski definition) is 1. The van der Waals surface area contributed by atoms with E-state index in [9.17, 15) is 0 Å². The van der Waals surface area contributed by atoms with Crippen LogP contribution in [0.3, 0.4) is 0 Å². The predicted molar refractivity (Wildman–Crippen MR) is 75.8 cm³/mol. The Hall–Kier alpha value is -1.75. The van der Waals surface area contributed by atoms with Gasteiger partial charge in [-0.3, -0.25) is 4.68 Å². The Morgan fingerprint density at radius 3 is 2.89 bits per heavy atom. The van der Waals surface area contributed by atoms with Crippen molar-refractivity contribution in [3.05, 3.63) is 39.2 Å². The minimum absolute atomic E-state index is 0.403. The summed E-state index contributed by atoms with van der Waals surface area (Å²) in [5.74, 6) is 0.610. The van der Waals surface area contributed by atoms with Crippen LogP contribution in [0.4, 0.5) is 5.69 Å². The maximum atomic E-state index is 8.83. The quantitative estimate of drug-likeness (QED) is 0.676. The summed E-state index contributed by atoms with van der Waals surface area (Å²) in [5.41, 5.74) is 7.84. The molecule has 6 heteroatoms. The van der Waals surface area contributed by atoms with Gasteiger partial charge in [-0.25, -0.2) is 0 Å². The van der Waals surface area contributed by atoms with Crippen LogP contribution in [-0.4, -0.2) is 9.78 Å². The fourth-order valence-electron chi connectivity index (χ4n) is 1.53. The van der Waals surface area contributed by atoms with Crippen LogP contribution in [-0.2, 0) is 13.7 Å². The standard InChI is InChI=1S/C12H11IN4O/c1-17-6-9(5-16-17)7-18-12-10(13)2-8(4-14)3-11(12)15/h2-3,5-6H,7,15H2,1H3. The number of anilines is 1. The highest BCUT2D eigenvalue weighted by molar-refractivity contribution is 14.1. The molecule has 0 saturated carbocycles. The molecule has 1 aromatic heterocycles. The van der Waals surface area contributed by atoms with Gasteiger partial charge in [-0.15, -0.1) is 0 Å². The summed E-state index contributed by atoms with van der Waals surface area (Å²) in [6.07, 6.45) is 3.62. The van der Waals surface area contributed by atoms with Gasteiger partial charge >= 0.3 is 0 Å². The molecule has 0 amide bonds. The zero-order chi connectivity index (χ0) is 13.1. The van der Waals surface area contributed by atoms with E-state index in [1.165, 1.54) is 0 Å². The van der Waals surface area contributed by atoms with Crippen LogP contribution in [0.5, 0.6) is 5.75 Å². The van der Waals surface area contributed by atoms with Gasteiger partial charge in [0.1, 0.15) is 6.61 Å². The van der Waals surface area contributed by atoms with Crippen molar-refractivity contribution in [1.29, 1.82) is 5.26 Å². The summed E-state index contributed by atoms with van der Waals surface area (Å²) in [5, 5.41) is 12.9. The molecule has 2 aromatic rings. The number of nitrogen functional groups attached to an aromatic ring is 1. The number of hydrogen-bond acceptors (Lipinski definition) is 4. The highest BCUT2D eigenvalue weighted by Crippen LogP contribution is 2.30. The number of nitrogens with zero attached hydrogens (tertiary/aromatic N) is 3. The minimum Gasteiger partial charge on any atom is -0.486 e. The van der Waals surface area contributed by atoms with Crippen LogP contribution in [0.1, 0.15) is 11.1 Å². The first kappa shape index (κ1) is 12.7. The molecule has 0 radical (unpaired) electrons. The third-order valence-corrected chi connectivity index (χ3v) is 3.14. The molecule has 1 heterocycles. The van der Waals surface area contributed by atoms with Crippen molar-refractivity contribution in [2.24, 2.45) is 7.05 Å². The third-order valence-electron chi connectivity index (χ3n) is 2.34. The van der Waals surface area contributed by atoms with E-state index in [0.29, 0.717) is 23.6 Å². The lowest BCUT2D eigenvalue weighted by atomic mass is 10.2. The summed E-state index contributed by atoms with van der Waals surface area (Å²) in [4.78, 5) is 0. The monoisotopic (exact) mass is 354 g/mol. The average Bonchev–Trinajstić information content (AvgIpc) is 2.73. The summed E-state index contributed by atoms with van der Waals surface area (Å²) >= 11 is 2.11. The second-order valence-electron chi connectivity index (χ2n) is 3.80. The molecule has 0 aliphatic rings. The molecule has 0 aliphatic heterocycles. The van der Waals surface area contributed by atoms with Gasteiger partial charge in [-0.1, -0.05) is 0 Å². The molecule has 0 unspecified atom stereocenters. The Bertz CT molecular complexity index is 592. The van der Waals surface area contributed by atoms with Gasteiger partial charge in [0.25, 0.3) is 0 Å². The predicted octanol–water partition coefficient (Wildman–Crippen LogP) is 2.06. The molecular formula is C12H11IN4O. The van der Waals surface area contributed by atoms with E-state index in [2.05, 4.69) is 33.8 Å². The molecule has 0 saturated heterocycles. The number of benzene rings is 1. The summed E-state index contributed by atoms with van der Waals surface area (Å²) in [6.45, 7) is 0.403. The molecule has 0 aliphatic carbocycles. The van der Waals surface area contributed by atoms with Crippen molar-refractivity contribution in [3.63, 3.8) is 0 Å². The van der Waals surface area contributed by atoms with Crippen molar-refractivity contribution in [1.82, 2.24) is 9.78 Å². The molecule has 92 valence electrons. The number of nitrogens with two attached hydrogens (primary N) is 1. The number of ether oxygens (including phenoxy) is 1. The number of rotatable bonds is 3. The summed E-state index contributed by atoms with van der Waals surface area (Å²) < 4.78 is 8.21. The Balaban J connectivity index is 2.17. The largest absolute Gasteiger partial charge is 0.486 e. The summed E-state index contributed by atoms with van der Waals surface area (Å²) in [6, 6.07) is 5.42. The topological polar surface area (TPSA) is 76.9 Å². The Morgan fingerprint density at radius 2 is 2.33 bits per heavy atom. The highest BCUT2D eigenvalue weighted by atomic mass is 127. The van der Waals surface area contributed by atoms with Crippen LogP contribution in [0, 0.1) is 14.9 Å². The first-order valence-electron chi connectivity index (χ1n) is 5.19. The lowest BCUT2D eigenvalue weighted by Gasteiger charge is -2.10. The fraction of sp³-hybridized carbons (Fsp3) is 0.167. The van der Waals surface area contributed by atoms with E-state index in [-0.39, 0.29) is 0 Å². The van der Waals surface area contributed by atoms with Crippen LogP contribution < -0.4 is 10.5 Å². The van der Waals surface area contributed by atoms with E-state index in [1.807, 2.05) is 13.2 Å². The molecule has 0 atom stereocenters. The van der Waals surface area contributed by atoms with Crippen molar-refractivity contribution in [2.75, 3.05) is 5.73 Å². The Morgan fingerprint density at radius 1 is 1.56 bits per heavy atom. The van der Waals surface area contributed by atoms with Gasteiger partial charge in [0, 0.05) is 18.8 Å². The lowest BCUT2D eigenvalue weighted by molar-refractivity contribution is 0.305. The molecule has 2 N–H and O–H groups in total. The maximum absolute atomic E-state index is 8.83. The van der Waals surface area contributed by atoms with Crippen LogP contribution in [0.15, 0.2) is 24.5 Å². The zero-order valence-corrected chi connectivity index (χ0v) is 11.9. The molecular weight excluding hydrogens is 343 g/mol. The first-order valence-corrected chi connectivity index (χ1v) is 6.27. The molecule has 0 fully saturated rings. The minimum atomic E-state index is 0.403. The smallest absolute Gasteiger partial charge is 0.156 e. The number of halogens is 1. The maximum Gasteiger partial charge on any atom is 0.156 e. The number of aromatic nitrogens is 2. The molecule has 0 bridgehead atoms. The molecule has 5 nitrogen and oxygen atoms in total. The molecule has 18 heavy (non-hydrogen) atoms. The second kappa shape index (κ2) is 5.27. The van der Waals surface area contributed by atoms with Crippen molar-refractivity contribution in [2.45, 2.75) is 6.61 Å². The van der Waals surface area contributed by atoms with Crippen LogP contribution in [0.25, 0.3) is 0 Å². The number of aryl methyl sites for hydroxylation is 1. The van der Waals surface area contributed by atoms with Gasteiger partial charge < -0.3 is 10.5 Å². The van der Waals surface area contributed by atoms with Gasteiger partial charge in [-0.05, 0) is 34.7 Å². The third kappa shape index (κ3) is 2.73. The average molecular weight is 354 g/mol. The van der Waals surface area contributed by atoms with Crippen molar-refractivity contribution < 1.29 is 4.74 Å². The van der Waals surface area contributed by atoms with Crippen molar-refractivity contribution >= 4 is 28.3 Å². The second-order valence-corrected chi connectivity index (χ2v) is 4.96. The molecule has 1 aromatic carbocycles. The van der Waals surface area contributed by atoms with E-state index in [4.69, 9.17) is 15.7 Å². The van der Waals surface area contributed by atoms with E-state index >= 15 is 0 Å². The van der Waals surface area contributed by atoms with Gasteiger partial charge in [-0.2, -0.15) is 10.4 Å². The number of nitriles is 1. The molecule has 0 spiro atoms. The van der Waals surface area contributed by atoms with Gasteiger partial charge in [0.05, 0.1) is 27.1 Å². The summed E-state index contributed by atoms with van der Waals surface area (Å²) in [7, 11) is 1.85. The van der Waals surface area contributed by atoms with Gasteiger partial charge in [0.15, 0.2) is 5.75 Å². The van der Waals surface area contributed by atoms with Crippen LogP contribution >= 0.6 is 22.6 Å². The van der Waals surface area contributed by atoms with Gasteiger partial charge in [0.2, 0.25) is 0 Å². The Kier molecular flexibility index (Phi) is 3.72. The SMILES string of the molecule is Cn1cc(COc2c(N)cc(C#N)cc2I)cn1. The fourth-order valence-corrected chi connectivity index (χ4v) is 2.34. The van der Waals surface area contributed by atoms with Crippen LogP contribution in [0.2, 0.25) is 0 Å². The Labute approximate surface area is 118 Å². The normalized spacial score (nSPS) is 10.1. The lowest BCUT2D eigenvalue weighted by Crippen LogP contribution is -2.01. The van der Waals surface area contributed by atoms with Crippen molar-refractivity contribution in [3.8, 4) is 11.8 Å². The van der Waals surface area contributed by atoms with E-state index in [1.54, 1.807) is 23.0 Å². The zero-order valence-electron chi connectivity index (χ0n) is 9.72. The van der Waals surface area contributed by atoms with E-state index in [0.717, 1.165) is 9.13 Å². The molecule has 2 rings (SSSR count). The highest BCUT2D eigenvalue weighted by Gasteiger charge is 2.09. The van der Waals surface area contributed by atoms with E-state index < -0.39 is 0 Å². The first-order chi connectivity index (χ1) is 8.60.